The number of aromatic amines is 1. The molecule has 25 heavy (non-hydrogen) atoms. The van der Waals surface area contributed by atoms with Gasteiger partial charge in [0.25, 0.3) is 0 Å². The summed E-state index contributed by atoms with van der Waals surface area (Å²) >= 11 is 0. The van der Waals surface area contributed by atoms with Crippen LogP contribution in [0.5, 0.6) is 0 Å². The van der Waals surface area contributed by atoms with E-state index in [0.717, 1.165) is 27.1 Å². The summed E-state index contributed by atoms with van der Waals surface area (Å²) in [5.41, 5.74) is 1.37. The van der Waals surface area contributed by atoms with E-state index in [2.05, 4.69) is 9.97 Å². The van der Waals surface area contributed by atoms with Gasteiger partial charge in [0, 0.05) is 10.8 Å². The third-order valence-electron chi connectivity index (χ3n) is 4.57. The van der Waals surface area contributed by atoms with Crippen LogP contribution in [0.4, 0.5) is 8.78 Å². The number of fused-ring (bicyclic) bond motifs is 6. The summed E-state index contributed by atoms with van der Waals surface area (Å²) in [6.07, 6.45) is 0. The first-order valence-electron chi connectivity index (χ1n) is 7.97. The minimum absolute atomic E-state index is 0.133. The standard InChI is InChI=1S/C21H12F2N2/c22-16-10-5-11-17(23)18(16)21-24-19-14-8-3-1-6-12(14)13-7-2-4-9-15(13)20(19)25-21/h1-11H,(H,24,25). The second kappa shape index (κ2) is 5.11. The molecule has 0 aliphatic carbocycles. The number of nitrogens with one attached hydrogen (secondary N) is 1. The molecule has 4 heteroatoms. The lowest BCUT2D eigenvalue weighted by molar-refractivity contribution is 0.588. The Morgan fingerprint density at radius 1 is 0.640 bits per heavy atom. The van der Waals surface area contributed by atoms with Crippen molar-refractivity contribution in [3.63, 3.8) is 0 Å². The van der Waals surface area contributed by atoms with Gasteiger partial charge in [-0.05, 0) is 22.9 Å². The van der Waals surface area contributed by atoms with Gasteiger partial charge in [0.2, 0.25) is 0 Å². The summed E-state index contributed by atoms with van der Waals surface area (Å²) in [6, 6.07) is 19.7. The highest BCUT2D eigenvalue weighted by Gasteiger charge is 2.18. The van der Waals surface area contributed by atoms with Crippen LogP contribution >= 0.6 is 0 Å². The second-order valence-electron chi connectivity index (χ2n) is 6.00. The van der Waals surface area contributed by atoms with Crippen LogP contribution in [0.25, 0.3) is 44.0 Å². The van der Waals surface area contributed by atoms with E-state index in [1.54, 1.807) is 0 Å². The fraction of sp³-hybridized carbons (Fsp3) is 0. The number of hydrogen-bond donors (Lipinski definition) is 1. The third-order valence-corrected chi connectivity index (χ3v) is 4.57. The molecule has 0 atom stereocenters. The van der Waals surface area contributed by atoms with Gasteiger partial charge in [0.15, 0.2) is 0 Å². The molecule has 0 amide bonds. The van der Waals surface area contributed by atoms with Gasteiger partial charge in [-0.15, -0.1) is 0 Å². The van der Waals surface area contributed by atoms with Gasteiger partial charge in [-0.2, -0.15) is 0 Å². The van der Waals surface area contributed by atoms with E-state index >= 15 is 0 Å². The predicted octanol–water partition coefficient (Wildman–Crippen LogP) is 5.81. The molecule has 0 spiro atoms. The van der Waals surface area contributed by atoms with Crippen molar-refractivity contribution >= 4 is 32.6 Å². The Morgan fingerprint density at radius 2 is 1.20 bits per heavy atom. The molecule has 0 radical (unpaired) electrons. The maximum atomic E-state index is 14.2. The molecule has 2 nitrogen and oxygen atoms in total. The Bertz CT molecular complexity index is 1180. The van der Waals surface area contributed by atoms with Crippen molar-refractivity contribution in [3.05, 3.63) is 78.4 Å². The van der Waals surface area contributed by atoms with Gasteiger partial charge in [0.1, 0.15) is 17.5 Å². The molecule has 0 saturated heterocycles. The molecule has 5 aromatic rings. The SMILES string of the molecule is Fc1cccc(F)c1-c1nc2c3ccccc3c3ccccc3c2[nH]1. The summed E-state index contributed by atoms with van der Waals surface area (Å²) in [7, 11) is 0. The second-order valence-corrected chi connectivity index (χ2v) is 6.00. The summed E-state index contributed by atoms with van der Waals surface area (Å²) in [6.45, 7) is 0. The number of H-pyrrole nitrogens is 1. The van der Waals surface area contributed by atoms with Gasteiger partial charge >= 0.3 is 0 Å². The molecule has 0 unspecified atom stereocenters. The summed E-state index contributed by atoms with van der Waals surface area (Å²) in [5.74, 6) is -1.06. The number of nitrogens with zero attached hydrogens (tertiary/aromatic N) is 1. The van der Waals surface area contributed by atoms with E-state index in [9.17, 15) is 8.78 Å². The molecule has 1 heterocycles. The quantitative estimate of drug-likeness (QED) is 0.386. The zero-order chi connectivity index (χ0) is 17.0. The van der Waals surface area contributed by atoms with Crippen LogP contribution in [-0.4, -0.2) is 9.97 Å². The number of halogens is 2. The normalized spacial score (nSPS) is 11.6. The molecule has 0 bridgehead atoms. The molecule has 0 saturated carbocycles. The predicted molar refractivity (Wildman–Crippen MR) is 96.5 cm³/mol. The average Bonchev–Trinajstić information content (AvgIpc) is 3.07. The van der Waals surface area contributed by atoms with Crippen LogP contribution in [0.2, 0.25) is 0 Å². The Balaban J connectivity index is 1.98. The lowest BCUT2D eigenvalue weighted by atomic mass is 10.0. The van der Waals surface area contributed by atoms with E-state index in [-0.39, 0.29) is 11.4 Å². The van der Waals surface area contributed by atoms with E-state index < -0.39 is 11.6 Å². The van der Waals surface area contributed by atoms with Crippen molar-refractivity contribution in [2.75, 3.05) is 0 Å². The number of aromatic nitrogens is 2. The topological polar surface area (TPSA) is 28.7 Å². The first-order valence-corrected chi connectivity index (χ1v) is 7.97. The first kappa shape index (κ1) is 14.1. The third kappa shape index (κ3) is 1.97. The first-order chi connectivity index (χ1) is 12.2. The molecule has 4 aromatic carbocycles. The van der Waals surface area contributed by atoms with E-state index in [1.807, 2.05) is 48.5 Å². The van der Waals surface area contributed by atoms with E-state index in [0.29, 0.717) is 5.52 Å². The van der Waals surface area contributed by atoms with Crippen LogP contribution in [0, 0.1) is 11.6 Å². The van der Waals surface area contributed by atoms with Gasteiger partial charge in [-0.25, -0.2) is 13.8 Å². The lowest BCUT2D eigenvalue weighted by Crippen LogP contribution is -1.91. The fourth-order valence-corrected chi connectivity index (χ4v) is 3.47. The van der Waals surface area contributed by atoms with Gasteiger partial charge in [0.05, 0.1) is 16.6 Å². The molecule has 1 N–H and O–H groups in total. The average molecular weight is 330 g/mol. The van der Waals surface area contributed by atoms with Gasteiger partial charge in [-0.1, -0.05) is 54.6 Å². The molecule has 120 valence electrons. The highest BCUT2D eigenvalue weighted by molar-refractivity contribution is 6.23. The maximum absolute atomic E-state index is 14.2. The zero-order valence-electron chi connectivity index (χ0n) is 13.1. The summed E-state index contributed by atoms with van der Waals surface area (Å²) < 4.78 is 28.4. The Labute approximate surface area is 141 Å². The number of imidazole rings is 1. The van der Waals surface area contributed by atoms with Crippen molar-refractivity contribution in [2.45, 2.75) is 0 Å². The van der Waals surface area contributed by atoms with Crippen LogP contribution in [0.1, 0.15) is 0 Å². The Morgan fingerprint density at radius 3 is 1.88 bits per heavy atom. The fourth-order valence-electron chi connectivity index (χ4n) is 3.47. The van der Waals surface area contributed by atoms with Gasteiger partial charge < -0.3 is 4.98 Å². The van der Waals surface area contributed by atoms with Crippen molar-refractivity contribution in [2.24, 2.45) is 0 Å². The molecule has 0 aliphatic heterocycles. The van der Waals surface area contributed by atoms with Crippen LogP contribution in [0.3, 0.4) is 0 Å². The van der Waals surface area contributed by atoms with E-state index in [1.165, 1.54) is 18.2 Å². The molecular formula is C21H12F2N2. The molecular weight excluding hydrogens is 318 g/mol. The van der Waals surface area contributed by atoms with Crippen LogP contribution < -0.4 is 0 Å². The summed E-state index contributed by atoms with van der Waals surface area (Å²) in [4.78, 5) is 7.68. The number of hydrogen-bond acceptors (Lipinski definition) is 1. The van der Waals surface area contributed by atoms with E-state index in [4.69, 9.17) is 0 Å². The highest BCUT2D eigenvalue weighted by Crippen LogP contribution is 2.35. The Hall–Kier alpha value is -3.27. The molecule has 1 aromatic heterocycles. The smallest absolute Gasteiger partial charge is 0.144 e. The maximum Gasteiger partial charge on any atom is 0.144 e. The van der Waals surface area contributed by atoms with Crippen LogP contribution in [0.15, 0.2) is 66.7 Å². The minimum Gasteiger partial charge on any atom is -0.337 e. The van der Waals surface area contributed by atoms with Crippen molar-refractivity contribution in [1.82, 2.24) is 9.97 Å². The highest BCUT2D eigenvalue weighted by atomic mass is 19.1. The van der Waals surface area contributed by atoms with Crippen molar-refractivity contribution in [1.29, 1.82) is 0 Å². The number of benzene rings is 4. The summed E-state index contributed by atoms with van der Waals surface area (Å²) in [5, 5.41) is 4.08. The molecule has 0 aliphatic rings. The largest absolute Gasteiger partial charge is 0.337 e. The monoisotopic (exact) mass is 330 g/mol. The lowest BCUT2D eigenvalue weighted by Gasteiger charge is -2.05. The minimum atomic E-state index is -0.632. The Kier molecular flexibility index (Phi) is 2.88. The zero-order valence-corrected chi connectivity index (χ0v) is 13.1. The van der Waals surface area contributed by atoms with Crippen molar-refractivity contribution in [3.8, 4) is 11.4 Å². The van der Waals surface area contributed by atoms with Crippen LogP contribution in [-0.2, 0) is 0 Å². The number of rotatable bonds is 1. The van der Waals surface area contributed by atoms with Crippen molar-refractivity contribution < 1.29 is 8.78 Å². The molecule has 5 rings (SSSR count). The molecule has 0 fully saturated rings. The van der Waals surface area contributed by atoms with Gasteiger partial charge in [-0.3, -0.25) is 0 Å².